The predicted octanol–water partition coefficient (Wildman–Crippen LogP) is 0.852. The summed E-state index contributed by atoms with van der Waals surface area (Å²) in [5.41, 5.74) is 2.14. The molecule has 0 unspecified atom stereocenters. The highest BCUT2D eigenvalue weighted by Gasteiger charge is 2.10. The third-order valence-electron chi connectivity index (χ3n) is 2.39. The quantitative estimate of drug-likeness (QED) is 0.831. The van der Waals surface area contributed by atoms with E-state index in [1.165, 1.54) is 4.80 Å². The van der Waals surface area contributed by atoms with Crippen LogP contribution in [0.25, 0.3) is 5.69 Å². The van der Waals surface area contributed by atoms with Gasteiger partial charge in [-0.1, -0.05) is 17.7 Å². The van der Waals surface area contributed by atoms with Gasteiger partial charge in [0.05, 0.1) is 12.3 Å². The molecule has 2 aromatic rings. The van der Waals surface area contributed by atoms with Crippen molar-refractivity contribution < 1.29 is 5.11 Å². The Hall–Kier alpha value is -2.39. The lowest BCUT2D eigenvalue weighted by Gasteiger charge is -2.00. The molecule has 2 rings (SSSR count). The number of hydrogen-bond donors (Lipinski definition) is 2. The highest BCUT2D eigenvalue weighted by atomic mass is 16.3. The van der Waals surface area contributed by atoms with E-state index < -0.39 is 0 Å². The van der Waals surface area contributed by atoms with Crippen LogP contribution < -0.4 is 5.32 Å². The number of nitriles is 1. The van der Waals surface area contributed by atoms with Crippen LogP contribution in [0.15, 0.2) is 24.3 Å². The van der Waals surface area contributed by atoms with Crippen molar-refractivity contribution in [3.8, 4) is 11.8 Å². The third kappa shape index (κ3) is 2.47. The molecular weight excluding hydrogens is 230 g/mol. The van der Waals surface area contributed by atoms with Crippen LogP contribution >= 0.6 is 0 Å². The first-order valence-corrected chi connectivity index (χ1v) is 5.54. The van der Waals surface area contributed by atoms with Gasteiger partial charge in [-0.2, -0.15) is 5.26 Å². The van der Waals surface area contributed by atoms with Gasteiger partial charge in [-0.3, -0.25) is 0 Å². The first kappa shape index (κ1) is 12.1. The van der Waals surface area contributed by atoms with Gasteiger partial charge in [0.25, 0.3) is 0 Å². The zero-order valence-corrected chi connectivity index (χ0v) is 9.96. The highest BCUT2D eigenvalue weighted by molar-refractivity contribution is 5.47. The molecule has 0 saturated carbocycles. The summed E-state index contributed by atoms with van der Waals surface area (Å²) in [6.07, 6.45) is 0. The Morgan fingerprint density at radius 2 is 2.06 bits per heavy atom. The van der Waals surface area contributed by atoms with Crippen molar-refractivity contribution >= 4 is 5.82 Å². The number of benzene rings is 1. The fourth-order valence-electron chi connectivity index (χ4n) is 1.47. The monoisotopic (exact) mass is 243 g/mol. The number of nitrogens with one attached hydrogen (secondary N) is 1. The number of aromatic nitrogens is 3. The number of aliphatic hydroxyl groups is 1. The summed E-state index contributed by atoms with van der Waals surface area (Å²) in [6.45, 7) is 2.30. The van der Waals surface area contributed by atoms with Crippen LogP contribution in [0.5, 0.6) is 0 Å². The highest BCUT2D eigenvalue weighted by Crippen LogP contribution is 2.12. The molecule has 2 N–H and O–H groups in total. The molecule has 0 aliphatic rings. The fourth-order valence-corrected chi connectivity index (χ4v) is 1.47. The molecule has 0 saturated heterocycles. The van der Waals surface area contributed by atoms with Gasteiger partial charge in [0.1, 0.15) is 6.07 Å². The molecule has 6 nitrogen and oxygen atoms in total. The van der Waals surface area contributed by atoms with Crippen LogP contribution in [-0.4, -0.2) is 33.3 Å². The molecular formula is C12H13N5O. The van der Waals surface area contributed by atoms with Gasteiger partial charge in [0, 0.05) is 6.54 Å². The molecule has 1 heterocycles. The van der Waals surface area contributed by atoms with Crippen LogP contribution in [0, 0.1) is 18.3 Å². The maximum Gasteiger partial charge on any atom is 0.207 e. The second-order valence-electron chi connectivity index (χ2n) is 3.78. The zero-order chi connectivity index (χ0) is 13.0. The van der Waals surface area contributed by atoms with Crippen molar-refractivity contribution in [3.63, 3.8) is 0 Å². The first-order chi connectivity index (χ1) is 8.74. The molecule has 0 bridgehead atoms. The molecule has 0 amide bonds. The summed E-state index contributed by atoms with van der Waals surface area (Å²) < 4.78 is 0. The summed E-state index contributed by atoms with van der Waals surface area (Å²) in [7, 11) is 0. The minimum absolute atomic E-state index is 0.0255. The standard InChI is InChI=1S/C12H13N5O/c1-9-2-4-10(5-3-9)17-15-11(8-13)12(16-17)14-6-7-18/h2-5,18H,6-7H2,1H3,(H,14,16). The Bertz CT molecular complexity index is 567. The second kappa shape index (κ2) is 5.29. The largest absolute Gasteiger partial charge is 0.395 e. The van der Waals surface area contributed by atoms with Gasteiger partial charge in [-0.05, 0) is 19.1 Å². The van der Waals surface area contributed by atoms with Crippen LogP contribution in [0.4, 0.5) is 5.82 Å². The lowest BCUT2D eigenvalue weighted by atomic mass is 10.2. The normalized spacial score (nSPS) is 10.1. The molecule has 18 heavy (non-hydrogen) atoms. The van der Waals surface area contributed by atoms with Crippen LogP contribution in [0.2, 0.25) is 0 Å². The lowest BCUT2D eigenvalue weighted by molar-refractivity contribution is 0.311. The van der Waals surface area contributed by atoms with E-state index in [2.05, 4.69) is 15.5 Å². The molecule has 0 fully saturated rings. The van der Waals surface area contributed by atoms with Gasteiger partial charge in [0.15, 0.2) is 5.82 Å². The van der Waals surface area contributed by atoms with E-state index in [0.717, 1.165) is 11.3 Å². The Morgan fingerprint density at radius 3 is 2.67 bits per heavy atom. The molecule has 1 aromatic carbocycles. The van der Waals surface area contributed by atoms with E-state index in [-0.39, 0.29) is 12.3 Å². The Balaban J connectivity index is 2.32. The van der Waals surface area contributed by atoms with Crippen LogP contribution in [0.1, 0.15) is 11.3 Å². The number of aliphatic hydroxyl groups excluding tert-OH is 1. The Kier molecular flexibility index (Phi) is 3.55. The van der Waals surface area contributed by atoms with Crippen molar-refractivity contribution in [1.82, 2.24) is 15.0 Å². The molecule has 92 valence electrons. The van der Waals surface area contributed by atoms with Gasteiger partial charge >= 0.3 is 0 Å². The van der Waals surface area contributed by atoms with Crippen molar-refractivity contribution in [2.45, 2.75) is 6.92 Å². The second-order valence-corrected chi connectivity index (χ2v) is 3.78. The van der Waals surface area contributed by atoms with Crippen molar-refractivity contribution in [2.24, 2.45) is 0 Å². The number of hydrogen-bond acceptors (Lipinski definition) is 5. The van der Waals surface area contributed by atoms with Gasteiger partial charge in [0.2, 0.25) is 5.69 Å². The Morgan fingerprint density at radius 1 is 1.33 bits per heavy atom. The number of aryl methyl sites for hydroxylation is 1. The summed E-state index contributed by atoms with van der Waals surface area (Å²) in [5.74, 6) is 0.382. The average molecular weight is 243 g/mol. The number of anilines is 1. The Labute approximate surface area is 104 Å². The summed E-state index contributed by atoms with van der Waals surface area (Å²) >= 11 is 0. The van der Waals surface area contributed by atoms with E-state index in [1.807, 2.05) is 37.3 Å². The fraction of sp³-hybridized carbons (Fsp3) is 0.250. The molecule has 0 aliphatic heterocycles. The third-order valence-corrected chi connectivity index (χ3v) is 2.39. The SMILES string of the molecule is Cc1ccc(-n2nc(C#N)c(NCCO)n2)cc1. The minimum atomic E-state index is -0.0255. The molecule has 0 aliphatic carbocycles. The van der Waals surface area contributed by atoms with Gasteiger partial charge in [-0.15, -0.1) is 15.0 Å². The van der Waals surface area contributed by atoms with E-state index >= 15 is 0 Å². The average Bonchev–Trinajstić information content (AvgIpc) is 2.80. The van der Waals surface area contributed by atoms with Gasteiger partial charge < -0.3 is 10.4 Å². The van der Waals surface area contributed by atoms with E-state index in [4.69, 9.17) is 10.4 Å². The van der Waals surface area contributed by atoms with E-state index in [9.17, 15) is 0 Å². The summed E-state index contributed by atoms with van der Waals surface area (Å²) in [6, 6.07) is 9.63. The maximum atomic E-state index is 8.95. The minimum Gasteiger partial charge on any atom is -0.395 e. The molecule has 0 spiro atoms. The first-order valence-electron chi connectivity index (χ1n) is 5.54. The lowest BCUT2D eigenvalue weighted by Crippen LogP contribution is -2.07. The number of nitrogens with zero attached hydrogens (tertiary/aromatic N) is 4. The topological polar surface area (TPSA) is 86.8 Å². The van der Waals surface area contributed by atoms with Crippen LogP contribution in [0.3, 0.4) is 0 Å². The van der Waals surface area contributed by atoms with Crippen molar-refractivity contribution in [1.29, 1.82) is 5.26 Å². The van der Waals surface area contributed by atoms with E-state index in [1.54, 1.807) is 0 Å². The van der Waals surface area contributed by atoms with Gasteiger partial charge in [-0.25, -0.2) is 0 Å². The summed E-state index contributed by atoms with van der Waals surface area (Å²) in [5, 5.41) is 28.8. The van der Waals surface area contributed by atoms with E-state index in [0.29, 0.717) is 12.4 Å². The molecule has 6 heteroatoms. The maximum absolute atomic E-state index is 8.95. The zero-order valence-electron chi connectivity index (χ0n) is 9.96. The molecule has 0 atom stereocenters. The molecule has 0 radical (unpaired) electrons. The van der Waals surface area contributed by atoms with Crippen molar-refractivity contribution in [3.05, 3.63) is 35.5 Å². The predicted molar refractivity (Wildman–Crippen MR) is 66.4 cm³/mol. The summed E-state index contributed by atoms with van der Waals surface area (Å²) in [4.78, 5) is 1.40. The van der Waals surface area contributed by atoms with Crippen LogP contribution in [-0.2, 0) is 0 Å². The van der Waals surface area contributed by atoms with Crippen molar-refractivity contribution in [2.75, 3.05) is 18.5 Å². The smallest absolute Gasteiger partial charge is 0.207 e. The molecule has 1 aromatic heterocycles. The number of rotatable bonds is 4.